The van der Waals surface area contributed by atoms with Gasteiger partial charge in [-0.3, -0.25) is 0 Å². The number of carbonyl (C=O) groups is 1. The van der Waals surface area contributed by atoms with Crippen LogP contribution in [-0.2, 0) is 4.74 Å². The topological polar surface area (TPSA) is 36.0 Å². The monoisotopic (exact) mass is 369 g/mol. The summed E-state index contributed by atoms with van der Waals surface area (Å²) >= 11 is 1.67. The number of rotatable bonds is 4. The minimum Gasteiger partial charge on any atom is -0.445 e. The minimum atomic E-state index is -0.400. The van der Waals surface area contributed by atoms with Crippen molar-refractivity contribution in [2.75, 3.05) is 49.5 Å². The van der Waals surface area contributed by atoms with Crippen LogP contribution in [0.1, 0.15) is 0 Å². The van der Waals surface area contributed by atoms with Gasteiger partial charge in [0.25, 0.3) is 0 Å². The maximum absolute atomic E-state index is 12.7. The zero-order valence-electron chi connectivity index (χ0n) is 15.5. The van der Waals surface area contributed by atoms with Crippen molar-refractivity contribution in [3.05, 3.63) is 49.1 Å². The molecule has 1 aliphatic heterocycles. The van der Waals surface area contributed by atoms with Gasteiger partial charge in [0, 0.05) is 49.4 Å². The molecule has 0 saturated carbocycles. The first-order chi connectivity index (χ1) is 12.4. The molecule has 2 aromatic rings. The molecule has 3 rings (SSSR count). The summed E-state index contributed by atoms with van der Waals surface area (Å²) < 4.78 is 5.34. The van der Waals surface area contributed by atoms with E-state index in [0.29, 0.717) is 0 Å². The highest BCUT2D eigenvalue weighted by Crippen LogP contribution is 2.50. The third-order valence-corrected chi connectivity index (χ3v) is 5.22. The third kappa shape index (κ3) is 3.37. The van der Waals surface area contributed by atoms with Crippen molar-refractivity contribution in [1.29, 1.82) is 0 Å². The molecule has 1 amide bonds. The SMILES string of the molecule is C=CCOC(=O)N1c2ccc(N(C)C)cc2Sc2cc(N(C)C)ccc21. The number of anilines is 4. The lowest BCUT2D eigenvalue weighted by atomic mass is 10.2. The van der Waals surface area contributed by atoms with Gasteiger partial charge in [-0.2, -0.15) is 0 Å². The largest absolute Gasteiger partial charge is 0.445 e. The fraction of sp³-hybridized carbons (Fsp3) is 0.250. The molecular weight excluding hydrogens is 346 g/mol. The van der Waals surface area contributed by atoms with E-state index in [1.54, 1.807) is 22.7 Å². The quantitative estimate of drug-likeness (QED) is 0.727. The van der Waals surface area contributed by atoms with Crippen LogP contribution in [0.4, 0.5) is 27.5 Å². The van der Waals surface area contributed by atoms with E-state index >= 15 is 0 Å². The van der Waals surface area contributed by atoms with E-state index in [9.17, 15) is 4.79 Å². The average Bonchev–Trinajstić information content (AvgIpc) is 2.62. The van der Waals surface area contributed by atoms with Crippen LogP contribution in [0.15, 0.2) is 58.8 Å². The number of nitrogens with zero attached hydrogens (tertiary/aromatic N) is 3. The van der Waals surface area contributed by atoms with Gasteiger partial charge in [-0.1, -0.05) is 24.4 Å². The summed E-state index contributed by atoms with van der Waals surface area (Å²) in [5, 5.41) is 0. The molecule has 0 fully saturated rings. The molecule has 1 heterocycles. The van der Waals surface area contributed by atoms with Crippen LogP contribution >= 0.6 is 11.8 Å². The molecular formula is C20H23N3O2S. The van der Waals surface area contributed by atoms with E-state index < -0.39 is 6.09 Å². The van der Waals surface area contributed by atoms with E-state index in [-0.39, 0.29) is 6.61 Å². The number of fused-ring (bicyclic) bond motifs is 2. The third-order valence-electron chi connectivity index (χ3n) is 4.13. The first kappa shape index (κ1) is 18.2. The summed E-state index contributed by atoms with van der Waals surface area (Å²) in [6.45, 7) is 3.80. The van der Waals surface area contributed by atoms with Crippen LogP contribution in [0, 0.1) is 0 Å². The van der Waals surface area contributed by atoms with Gasteiger partial charge in [-0.05, 0) is 36.4 Å². The molecule has 0 bridgehead atoms. The highest BCUT2D eigenvalue weighted by molar-refractivity contribution is 7.99. The molecule has 5 nitrogen and oxygen atoms in total. The molecule has 0 unspecified atom stereocenters. The molecule has 0 radical (unpaired) electrons. The van der Waals surface area contributed by atoms with Gasteiger partial charge in [0.15, 0.2) is 0 Å². The summed E-state index contributed by atoms with van der Waals surface area (Å²) in [5.41, 5.74) is 3.84. The fourth-order valence-electron chi connectivity index (χ4n) is 2.73. The molecule has 2 aromatic carbocycles. The van der Waals surface area contributed by atoms with E-state index in [1.165, 1.54) is 0 Å². The summed E-state index contributed by atoms with van der Waals surface area (Å²) in [7, 11) is 8.01. The molecule has 0 spiro atoms. The molecule has 136 valence electrons. The summed E-state index contributed by atoms with van der Waals surface area (Å²) in [6, 6.07) is 12.1. The van der Waals surface area contributed by atoms with Gasteiger partial charge in [-0.25, -0.2) is 9.69 Å². The number of hydrogen-bond donors (Lipinski definition) is 0. The Bertz CT molecular complexity index is 791. The Morgan fingerprint density at radius 3 is 1.96 bits per heavy atom. The molecule has 6 heteroatoms. The van der Waals surface area contributed by atoms with E-state index in [0.717, 1.165) is 32.5 Å². The minimum absolute atomic E-state index is 0.179. The lowest BCUT2D eigenvalue weighted by Crippen LogP contribution is -2.29. The second-order valence-electron chi connectivity index (χ2n) is 6.40. The van der Waals surface area contributed by atoms with Crippen LogP contribution < -0.4 is 14.7 Å². The second-order valence-corrected chi connectivity index (χ2v) is 7.48. The molecule has 0 N–H and O–H groups in total. The first-order valence-electron chi connectivity index (χ1n) is 8.30. The zero-order chi connectivity index (χ0) is 18.8. The maximum Gasteiger partial charge on any atom is 0.419 e. The average molecular weight is 369 g/mol. The van der Waals surface area contributed by atoms with E-state index in [2.05, 4.69) is 18.7 Å². The molecule has 0 saturated heterocycles. The van der Waals surface area contributed by atoms with Gasteiger partial charge in [-0.15, -0.1) is 0 Å². The molecule has 0 atom stereocenters. The van der Waals surface area contributed by atoms with Crippen LogP contribution in [0.25, 0.3) is 0 Å². The molecule has 26 heavy (non-hydrogen) atoms. The van der Waals surface area contributed by atoms with E-state index in [4.69, 9.17) is 4.74 Å². The van der Waals surface area contributed by atoms with Crippen molar-refractivity contribution in [2.45, 2.75) is 9.79 Å². The Hall–Kier alpha value is -2.60. The van der Waals surface area contributed by atoms with Crippen molar-refractivity contribution in [3.8, 4) is 0 Å². The predicted molar refractivity (Wildman–Crippen MR) is 109 cm³/mol. The van der Waals surface area contributed by atoms with Gasteiger partial charge >= 0.3 is 6.09 Å². The Morgan fingerprint density at radius 2 is 1.54 bits per heavy atom. The standard InChI is InChI=1S/C20H23N3O2S/c1-6-11-25-20(24)23-16-9-7-14(21(2)3)12-18(16)26-19-13-15(22(4)5)8-10-17(19)23/h6-10,12-13H,1,11H2,2-5H3. The summed E-state index contributed by atoms with van der Waals surface area (Å²) in [6.07, 6.45) is 1.17. The van der Waals surface area contributed by atoms with Gasteiger partial charge in [0.2, 0.25) is 0 Å². The van der Waals surface area contributed by atoms with Crippen LogP contribution in [-0.4, -0.2) is 40.9 Å². The Labute approximate surface area is 158 Å². The first-order valence-corrected chi connectivity index (χ1v) is 9.12. The van der Waals surface area contributed by atoms with Crippen LogP contribution in [0.5, 0.6) is 0 Å². The Morgan fingerprint density at radius 1 is 1.04 bits per heavy atom. The number of amides is 1. The fourth-order valence-corrected chi connectivity index (χ4v) is 3.86. The molecule has 0 aromatic heterocycles. The normalized spacial score (nSPS) is 12.1. The van der Waals surface area contributed by atoms with Crippen molar-refractivity contribution < 1.29 is 9.53 Å². The number of carbonyl (C=O) groups excluding carboxylic acids is 1. The summed E-state index contributed by atoms with van der Waals surface area (Å²) in [4.78, 5) is 20.5. The smallest absolute Gasteiger partial charge is 0.419 e. The highest BCUT2D eigenvalue weighted by atomic mass is 32.2. The number of hydrogen-bond acceptors (Lipinski definition) is 5. The number of benzene rings is 2. The van der Waals surface area contributed by atoms with Crippen molar-refractivity contribution in [1.82, 2.24) is 0 Å². The van der Waals surface area contributed by atoms with Crippen LogP contribution in [0.3, 0.4) is 0 Å². The molecule has 1 aliphatic rings. The lowest BCUT2D eigenvalue weighted by Gasteiger charge is -2.31. The predicted octanol–water partition coefficient (Wildman–Crippen LogP) is 4.74. The highest BCUT2D eigenvalue weighted by Gasteiger charge is 2.30. The Kier molecular flexibility index (Phi) is 5.13. The maximum atomic E-state index is 12.7. The van der Waals surface area contributed by atoms with Gasteiger partial charge in [0.05, 0.1) is 11.4 Å². The van der Waals surface area contributed by atoms with Crippen molar-refractivity contribution in [2.24, 2.45) is 0 Å². The van der Waals surface area contributed by atoms with Crippen molar-refractivity contribution >= 4 is 40.6 Å². The lowest BCUT2D eigenvalue weighted by molar-refractivity contribution is 0.168. The Balaban J connectivity index is 2.11. The van der Waals surface area contributed by atoms with Gasteiger partial charge < -0.3 is 14.5 Å². The summed E-state index contributed by atoms with van der Waals surface area (Å²) in [5.74, 6) is 0. The zero-order valence-corrected chi connectivity index (χ0v) is 16.3. The molecule has 0 aliphatic carbocycles. The second kappa shape index (κ2) is 7.33. The van der Waals surface area contributed by atoms with Crippen molar-refractivity contribution in [3.63, 3.8) is 0 Å². The van der Waals surface area contributed by atoms with Gasteiger partial charge in [0.1, 0.15) is 6.61 Å². The van der Waals surface area contributed by atoms with Crippen LogP contribution in [0.2, 0.25) is 0 Å². The number of ether oxygens (including phenoxy) is 1. The van der Waals surface area contributed by atoms with E-state index in [1.807, 2.05) is 62.3 Å².